The highest BCUT2D eigenvalue weighted by Gasteiger charge is 2.69. The Bertz CT molecular complexity index is 3700. The average Bonchev–Trinajstić information content (AvgIpc) is 3.34. The maximum Gasteiger partial charge on any atom is 0.00803 e. The van der Waals surface area contributed by atoms with Crippen LogP contribution < -0.4 is 0 Å². The van der Waals surface area contributed by atoms with Crippen LogP contribution >= 0.6 is 0 Å². The Balaban J connectivity index is 1.12. The van der Waals surface area contributed by atoms with E-state index in [1.807, 2.05) is 0 Å². The summed E-state index contributed by atoms with van der Waals surface area (Å²) in [5.74, 6) is 0.533. The van der Waals surface area contributed by atoms with Crippen LogP contribution in [-0.4, -0.2) is 0 Å². The molecule has 0 saturated heterocycles. The molecule has 2 atom stereocenters. The molecule has 0 heterocycles. The molecular formula is C64H48. The molecule has 11 aromatic carbocycles. The number of fused-ring (bicyclic) bond motifs is 9. The summed E-state index contributed by atoms with van der Waals surface area (Å²) in [6.07, 6.45) is 2.48. The normalized spacial score (nSPS) is 17.8. The fourth-order valence-electron chi connectivity index (χ4n) is 12.8. The largest absolute Gasteiger partial charge is 0.0622 e. The first kappa shape index (κ1) is 37.3. The summed E-state index contributed by atoms with van der Waals surface area (Å²) < 4.78 is 0. The van der Waals surface area contributed by atoms with Crippen molar-refractivity contribution in [2.75, 3.05) is 0 Å². The van der Waals surface area contributed by atoms with Gasteiger partial charge in [-0.3, -0.25) is 0 Å². The van der Waals surface area contributed by atoms with Crippen LogP contribution in [0.1, 0.15) is 44.7 Å². The molecule has 2 aliphatic carbocycles. The van der Waals surface area contributed by atoms with E-state index < -0.39 is 0 Å². The van der Waals surface area contributed by atoms with Gasteiger partial charge in [0.25, 0.3) is 0 Å². The van der Waals surface area contributed by atoms with Crippen LogP contribution in [0.4, 0.5) is 0 Å². The monoisotopic (exact) mass is 816 g/mol. The third-order valence-electron chi connectivity index (χ3n) is 15.9. The van der Waals surface area contributed by atoms with Gasteiger partial charge in [-0.15, -0.1) is 0 Å². The molecule has 13 rings (SSSR count). The lowest BCUT2D eigenvalue weighted by molar-refractivity contribution is 0.00168. The van der Waals surface area contributed by atoms with Crippen LogP contribution in [0.2, 0.25) is 0 Å². The predicted molar refractivity (Wildman–Crippen MR) is 274 cm³/mol. The number of hydrogen-bond donors (Lipinski definition) is 0. The molecule has 0 bridgehead atoms. The molecule has 0 nitrogen and oxygen atoms in total. The first-order valence-corrected chi connectivity index (χ1v) is 23.2. The lowest BCUT2D eigenvalue weighted by atomic mass is 9.32. The molecule has 11 aromatic rings. The third-order valence-corrected chi connectivity index (χ3v) is 15.9. The van der Waals surface area contributed by atoms with E-state index in [0.29, 0.717) is 5.92 Å². The summed E-state index contributed by atoms with van der Waals surface area (Å²) in [6.45, 7) is 7.50. The van der Waals surface area contributed by atoms with Crippen LogP contribution in [0, 0.1) is 5.92 Å². The first-order valence-electron chi connectivity index (χ1n) is 23.2. The fourth-order valence-corrected chi connectivity index (χ4v) is 12.8. The number of benzene rings is 11. The van der Waals surface area contributed by atoms with Crippen LogP contribution in [0.25, 0.3) is 109 Å². The Hall–Kier alpha value is -7.28. The van der Waals surface area contributed by atoms with Gasteiger partial charge in [-0.05, 0) is 164 Å². The van der Waals surface area contributed by atoms with Crippen molar-refractivity contribution >= 4 is 53.9 Å². The van der Waals surface area contributed by atoms with E-state index in [1.165, 1.54) is 122 Å². The zero-order valence-corrected chi connectivity index (χ0v) is 36.6. The zero-order chi connectivity index (χ0) is 42.7. The Morgan fingerprint density at radius 3 is 1.22 bits per heavy atom. The average molecular weight is 817 g/mol. The lowest BCUT2D eigenvalue weighted by Crippen LogP contribution is -2.67. The molecule has 64 heavy (non-hydrogen) atoms. The molecule has 0 spiro atoms. The minimum Gasteiger partial charge on any atom is -0.0622 e. The first-order chi connectivity index (χ1) is 31.4. The topological polar surface area (TPSA) is 0 Å². The third kappa shape index (κ3) is 5.11. The number of rotatable bonds is 6. The van der Waals surface area contributed by atoms with Crippen molar-refractivity contribution in [3.05, 3.63) is 217 Å². The highest BCUT2D eigenvalue weighted by atomic mass is 14.7. The van der Waals surface area contributed by atoms with Gasteiger partial charge in [-0.1, -0.05) is 203 Å². The van der Waals surface area contributed by atoms with E-state index in [0.717, 1.165) is 0 Å². The van der Waals surface area contributed by atoms with Crippen molar-refractivity contribution in [2.45, 2.75) is 44.4 Å². The van der Waals surface area contributed by atoms with Gasteiger partial charge in [0.2, 0.25) is 0 Å². The molecular weight excluding hydrogens is 769 g/mol. The molecule has 0 N–H and O–H groups in total. The van der Waals surface area contributed by atoms with Crippen molar-refractivity contribution in [2.24, 2.45) is 5.92 Å². The summed E-state index contributed by atoms with van der Waals surface area (Å²) in [4.78, 5) is 0. The quantitative estimate of drug-likeness (QED) is 0.147. The molecule has 0 aromatic heterocycles. The van der Waals surface area contributed by atoms with Crippen LogP contribution in [0.3, 0.4) is 0 Å². The van der Waals surface area contributed by atoms with Crippen LogP contribution in [-0.2, 0) is 10.8 Å². The highest BCUT2D eigenvalue weighted by molar-refractivity contribution is 6.23. The van der Waals surface area contributed by atoms with Crippen molar-refractivity contribution in [1.29, 1.82) is 0 Å². The minimum absolute atomic E-state index is 0.152. The molecule has 0 aliphatic heterocycles. The van der Waals surface area contributed by atoms with E-state index >= 15 is 0 Å². The summed E-state index contributed by atoms with van der Waals surface area (Å²) in [6, 6.07) is 77.7. The predicted octanol–water partition coefficient (Wildman–Crippen LogP) is 17.7. The second kappa shape index (κ2) is 13.9. The van der Waals surface area contributed by atoms with Crippen molar-refractivity contribution in [3.63, 3.8) is 0 Å². The summed E-state index contributed by atoms with van der Waals surface area (Å²) in [7, 11) is 0. The SMILES string of the molecule is CC(C)C12CCC1(C)c1c2c(-c2ccccc2)c2cc(-c3ccc4c(-c5ccc6ccccc6c5)c5ccccc5c(-c5ccc6ccccc6c5)c4c3)ccc2c1-c1ccccc1. The summed E-state index contributed by atoms with van der Waals surface area (Å²) in [5, 5.41) is 12.8. The van der Waals surface area contributed by atoms with Crippen molar-refractivity contribution in [1.82, 2.24) is 0 Å². The van der Waals surface area contributed by atoms with Gasteiger partial charge < -0.3 is 0 Å². The standard InChI is InChI=1S/C64H48/c1-40(2)64-35-34-63(64,3)61-59(43-18-6-4-7-19-43)54-33-31-48(39-56(54)60(62(61)64)44-20-8-5-9-21-44)47-30-32-53-55(38-47)58(50-29-27-42-17-11-13-23-46(42)37-50)52-25-15-14-24-51(52)57(53)49-28-26-41-16-10-12-22-45(41)36-49/h4-33,36-40H,34-35H2,1-3H3. The van der Waals surface area contributed by atoms with Gasteiger partial charge >= 0.3 is 0 Å². The Kier molecular flexibility index (Phi) is 8.08. The molecule has 1 saturated carbocycles. The van der Waals surface area contributed by atoms with Crippen LogP contribution in [0.15, 0.2) is 206 Å². The van der Waals surface area contributed by atoms with E-state index in [4.69, 9.17) is 0 Å². The van der Waals surface area contributed by atoms with Crippen molar-refractivity contribution in [3.8, 4) is 55.6 Å². The Morgan fingerprint density at radius 2 is 0.719 bits per heavy atom. The van der Waals surface area contributed by atoms with Gasteiger partial charge in [-0.25, -0.2) is 0 Å². The van der Waals surface area contributed by atoms with Gasteiger partial charge in [0.15, 0.2) is 0 Å². The second-order valence-corrected chi connectivity index (χ2v) is 19.1. The highest BCUT2D eigenvalue weighted by Crippen LogP contribution is 2.75. The Morgan fingerprint density at radius 1 is 0.312 bits per heavy atom. The Labute approximate surface area is 375 Å². The lowest BCUT2D eigenvalue weighted by Gasteiger charge is -2.71. The smallest absolute Gasteiger partial charge is 0.00803 e. The number of hydrogen-bond acceptors (Lipinski definition) is 0. The zero-order valence-electron chi connectivity index (χ0n) is 36.6. The maximum absolute atomic E-state index is 2.57. The van der Waals surface area contributed by atoms with E-state index in [9.17, 15) is 0 Å². The second-order valence-electron chi connectivity index (χ2n) is 19.1. The van der Waals surface area contributed by atoms with Gasteiger partial charge in [0.1, 0.15) is 0 Å². The van der Waals surface area contributed by atoms with E-state index in [2.05, 4.69) is 227 Å². The summed E-state index contributed by atoms with van der Waals surface area (Å²) >= 11 is 0. The molecule has 1 fully saturated rings. The molecule has 0 radical (unpaired) electrons. The molecule has 0 amide bonds. The van der Waals surface area contributed by atoms with E-state index in [-0.39, 0.29) is 10.8 Å². The minimum atomic E-state index is 0.152. The van der Waals surface area contributed by atoms with Gasteiger partial charge in [-0.2, -0.15) is 0 Å². The molecule has 2 aliphatic rings. The van der Waals surface area contributed by atoms with Crippen LogP contribution in [0.5, 0.6) is 0 Å². The molecule has 0 heteroatoms. The molecule has 304 valence electrons. The van der Waals surface area contributed by atoms with E-state index in [1.54, 1.807) is 11.1 Å². The molecule has 2 unspecified atom stereocenters. The summed E-state index contributed by atoms with van der Waals surface area (Å²) in [5.41, 5.74) is 16.5. The maximum atomic E-state index is 2.57. The van der Waals surface area contributed by atoms with Gasteiger partial charge in [0, 0.05) is 10.8 Å². The van der Waals surface area contributed by atoms with Crippen molar-refractivity contribution < 1.29 is 0 Å². The van der Waals surface area contributed by atoms with Gasteiger partial charge in [0.05, 0.1) is 0 Å². The fraction of sp³-hybridized carbons (Fsp3) is 0.125.